The maximum Gasteiger partial charge on any atom is 0.218 e. The van der Waals surface area contributed by atoms with E-state index in [0.29, 0.717) is 11.4 Å². The Kier molecular flexibility index (Phi) is 2.87. The summed E-state index contributed by atoms with van der Waals surface area (Å²) in [5.41, 5.74) is 0. The molecule has 1 aliphatic rings. The van der Waals surface area contributed by atoms with Gasteiger partial charge in [-0.2, -0.15) is 0 Å². The van der Waals surface area contributed by atoms with Crippen molar-refractivity contribution < 1.29 is 8.42 Å². The molecule has 0 aromatic rings. The van der Waals surface area contributed by atoms with Gasteiger partial charge in [0.25, 0.3) is 0 Å². The molecule has 0 spiro atoms. The highest BCUT2D eigenvalue weighted by atomic mass is 32.2. The minimum absolute atomic E-state index is 0.221. The van der Waals surface area contributed by atoms with E-state index in [-0.39, 0.29) is 11.1 Å². The fraction of sp³-hybridized carbons (Fsp3) is 0.625. The summed E-state index contributed by atoms with van der Waals surface area (Å²) >= 11 is 0. The van der Waals surface area contributed by atoms with Crippen LogP contribution in [0.4, 0.5) is 0 Å². The van der Waals surface area contributed by atoms with Gasteiger partial charge in [0.05, 0.1) is 4.91 Å². The highest BCUT2D eigenvalue weighted by Gasteiger charge is 2.25. The SMILES string of the molecule is CC1=CN=C(CNC(C)C)S1(=O)=O. The summed E-state index contributed by atoms with van der Waals surface area (Å²) in [5.74, 6) is 0. The van der Waals surface area contributed by atoms with E-state index in [9.17, 15) is 8.42 Å². The topological polar surface area (TPSA) is 58.5 Å². The normalized spacial score (nSPS) is 20.3. The summed E-state index contributed by atoms with van der Waals surface area (Å²) in [6.07, 6.45) is 1.40. The molecule has 0 fully saturated rings. The average molecular weight is 202 g/mol. The summed E-state index contributed by atoms with van der Waals surface area (Å²) in [7, 11) is -3.21. The second-order valence-corrected chi connectivity index (χ2v) is 5.42. The summed E-state index contributed by atoms with van der Waals surface area (Å²) in [4.78, 5) is 4.17. The second-order valence-electron chi connectivity index (χ2n) is 3.30. The molecule has 0 aliphatic carbocycles. The van der Waals surface area contributed by atoms with E-state index in [0.717, 1.165) is 0 Å². The van der Waals surface area contributed by atoms with Gasteiger partial charge in [0.15, 0.2) is 5.04 Å². The fourth-order valence-corrected chi connectivity index (χ4v) is 1.95. The van der Waals surface area contributed by atoms with E-state index in [1.807, 2.05) is 13.8 Å². The summed E-state index contributed by atoms with van der Waals surface area (Å²) in [6.45, 7) is 5.79. The Morgan fingerprint density at radius 1 is 1.54 bits per heavy atom. The molecule has 0 unspecified atom stereocenters. The largest absolute Gasteiger partial charge is 0.308 e. The molecule has 0 saturated carbocycles. The number of aliphatic imine (C=N–C) groups is 1. The quantitative estimate of drug-likeness (QED) is 0.732. The molecular weight excluding hydrogens is 188 g/mol. The monoisotopic (exact) mass is 202 g/mol. The van der Waals surface area contributed by atoms with Crippen molar-refractivity contribution in [3.8, 4) is 0 Å². The van der Waals surface area contributed by atoms with Gasteiger partial charge in [-0.1, -0.05) is 13.8 Å². The summed E-state index contributed by atoms with van der Waals surface area (Å²) in [5, 5.41) is 3.24. The first-order valence-electron chi connectivity index (χ1n) is 4.16. The number of hydrogen-bond acceptors (Lipinski definition) is 4. The van der Waals surface area contributed by atoms with Crippen LogP contribution >= 0.6 is 0 Å². The number of nitrogens with zero attached hydrogens (tertiary/aromatic N) is 1. The van der Waals surface area contributed by atoms with Crippen LogP contribution in [0.15, 0.2) is 16.1 Å². The average Bonchev–Trinajstić information content (AvgIpc) is 2.25. The number of hydrogen-bond donors (Lipinski definition) is 1. The molecular formula is C8H14N2O2S. The third kappa shape index (κ3) is 2.16. The first-order valence-corrected chi connectivity index (χ1v) is 5.65. The van der Waals surface area contributed by atoms with Crippen molar-refractivity contribution in [1.82, 2.24) is 5.32 Å². The van der Waals surface area contributed by atoms with Gasteiger partial charge >= 0.3 is 0 Å². The van der Waals surface area contributed by atoms with Crippen LogP contribution in [0, 0.1) is 0 Å². The third-order valence-electron chi connectivity index (χ3n) is 1.79. The van der Waals surface area contributed by atoms with Crippen LogP contribution in [0.5, 0.6) is 0 Å². The molecule has 74 valence electrons. The van der Waals surface area contributed by atoms with Crippen LogP contribution in [0.1, 0.15) is 20.8 Å². The fourth-order valence-electron chi connectivity index (χ4n) is 0.920. The molecule has 5 heteroatoms. The van der Waals surface area contributed by atoms with E-state index in [2.05, 4.69) is 10.3 Å². The molecule has 0 aromatic heterocycles. The predicted octanol–water partition coefficient (Wildman–Crippen LogP) is 0.673. The van der Waals surface area contributed by atoms with Crippen molar-refractivity contribution in [2.45, 2.75) is 26.8 Å². The highest BCUT2D eigenvalue weighted by Crippen LogP contribution is 2.15. The van der Waals surface area contributed by atoms with Gasteiger partial charge in [0.2, 0.25) is 9.84 Å². The van der Waals surface area contributed by atoms with Gasteiger partial charge in [0, 0.05) is 18.8 Å². The molecule has 1 rings (SSSR count). The molecule has 0 amide bonds. The lowest BCUT2D eigenvalue weighted by Gasteiger charge is -2.07. The first-order chi connectivity index (χ1) is 5.94. The summed E-state index contributed by atoms with van der Waals surface area (Å²) in [6, 6.07) is 0.263. The zero-order valence-corrected chi connectivity index (χ0v) is 8.85. The Balaban J connectivity index is 2.67. The van der Waals surface area contributed by atoms with Crippen LogP contribution in [0.3, 0.4) is 0 Å². The van der Waals surface area contributed by atoms with E-state index in [4.69, 9.17) is 0 Å². The lowest BCUT2D eigenvalue weighted by atomic mass is 10.4. The predicted molar refractivity (Wildman–Crippen MR) is 53.3 cm³/mol. The van der Waals surface area contributed by atoms with Crippen molar-refractivity contribution in [1.29, 1.82) is 0 Å². The van der Waals surface area contributed by atoms with Gasteiger partial charge in [-0.3, -0.25) is 0 Å². The van der Waals surface area contributed by atoms with Crippen molar-refractivity contribution in [3.05, 3.63) is 11.1 Å². The van der Waals surface area contributed by atoms with Gasteiger partial charge in [-0.15, -0.1) is 0 Å². The van der Waals surface area contributed by atoms with Gasteiger partial charge < -0.3 is 5.32 Å². The number of rotatable bonds is 3. The van der Waals surface area contributed by atoms with Gasteiger partial charge in [0.1, 0.15) is 0 Å². The van der Waals surface area contributed by atoms with E-state index >= 15 is 0 Å². The van der Waals surface area contributed by atoms with Crippen molar-refractivity contribution in [3.63, 3.8) is 0 Å². The smallest absolute Gasteiger partial charge is 0.218 e. The van der Waals surface area contributed by atoms with E-state index in [1.54, 1.807) is 6.92 Å². The lowest BCUT2D eigenvalue weighted by molar-refractivity contribution is 0.609. The van der Waals surface area contributed by atoms with Crippen LogP contribution in [-0.2, 0) is 9.84 Å². The van der Waals surface area contributed by atoms with Crippen molar-refractivity contribution in [2.24, 2.45) is 4.99 Å². The molecule has 0 atom stereocenters. The molecule has 1 N–H and O–H groups in total. The number of nitrogens with one attached hydrogen (secondary N) is 1. The first kappa shape index (κ1) is 10.4. The number of allylic oxidation sites excluding steroid dienone is 1. The lowest BCUT2D eigenvalue weighted by Crippen LogP contribution is -2.32. The van der Waals surface area contributed by atoms with E-state index < -0.39 is 9.84 Å². The molecule has 1 heterocycles. The van der Waals surface area contributed by atoms with Crippen LogP contribution in [-0.4, -0.2) is 26.0 Å². The third-order valence-corrected chi connectivity index (χ3v) is 3.61. The van der Waals surface area contributed by atoms with Crippen LogP contribution in [0.25, 0.3) is 0 Å². The Morgan fingerprint density at radius 3 is 2.54 bits per heavy atom. The molecule has 0 aromatic carbocycles. The maximum absolute atomic E-state index is 11.5. The number of sulfone groups is 1. The molecule has 0 radical (unpaired) electrons. The van der Waals surface area contributed by atoms with Gasteiger partial charge in [-0.05, 0) is 6.92 Å². The molecule has 13 heavy (non-hydrogen) atoms. The molecule has 4 nitrogen and oxygen atoms in total. The van der Waals surface area contributed by atoms with Crippen LogP contribution in [0.2, 0.25) is 0 Å². The highest BCUT2D eigenvalue weighted by molar-refractivity contribution is 8.10. The minimum atomic E-state index is -3.21. The summed E-state index contributed by atoms with van der Waals surface area (Å²) < 4.78 is 22.9. The van der Waals surface area contributed by atoms with Crippen molar-refractivity contribution >= 4 is 14.9 Å². The molecule has 1 aliphatic heterocycles. The minimum Gasteiger partial charge on any atom is -0.308 e. The zero-order chi connectivity index (χ0) is 10.1. The Labute approximate surface area is 78.7 Å². The Bertz CT molecular complexity index is 352. The molecule has 0 saturated heterocycles. The standard InChI is InChI=1S/C8H14N2O2S/c1-6(2)9-5-8-10-4-7(3)13(8,11)12/h4,6,9H,5H2,1-3H3. The van der Waals surface area contributed by atoms with Crippen LogP contribution < -0.4 is 5.32 Å². The van der Waals surface area contributed by atoms with E-state index in [1.165, 1.54) is 6.20 Å². The maximum atomic E-state index is 11.5. The Morgan fingerprint density at radius 2 is 2.15 bits per heavy atom. The Hall–Kier alpha value is -0.680. The van der Waals surface area contributed by atoms with Gasteiger partial charge in [-0.25, -0.2) is 13.4 Å². The van der Waals surface area contributed by atoms with Crippen molar-refractivity contribution in [2.75, 3.05) is 6.54 Å². The molecule has 0 bridgehead atoms. The second kappa shape index (κ2) is 3.59. The zero-order valence-electron chi connectivity index (χ0n) is 8.03.